The highest BCUT2D eigenvalue weighted by molar-refractivity contribution is 5.83. The molecular formula is C10H16O. The minimum Gasteiger partial charge on any atom is -0.299 e. The zero-order valence-electron chi connectivity index (χ0n) is 7.39. The van der Waals surface area contributed by atoms with Crippen LogP contribution in [-0.4, -0.2) is 5.78 Å². The van der Waals surface area contributed by atoms with Gasteiger partial charge in [-0.3, -0.25) is 4.79 Å². The highest BCUT2D eigenvalue weighted by Gasteiger charge is 2.45. The summed E-state index contributed by atoms with van der Waals surface area (Å²) in [5.74, 6) is 1.74. The number of carbonyl (C=O) groups excluding carboxylic acids is 1. The van der Waals surface area contributed by atoms with Crippen LogP contribution in [0.15, 0.2) is 0 Å². The summed E-state index contributed by atoms with van der Waals surface area (Å²) in [5, 5.41) is 0. The molecule has 0 amide bonds. The zero-order chi connectivity index (χ0) is 8.06. The highest BCUT2D eigenvalue weighted by atomic mass is 16.1. The van der Waals surface area contributed by atoms with E-state index in [0.29, 0.717) is 17.1 Å². The van der Waals surface area contributed by atoms with Gasteiger partial charge in [0, 0.05) is 12.3 Å². The lowest BCUT2D eigenvalue weighted by atomic mass is 9.88. The van der Waals surface area contributed by atoms with E-state index < -0.39 is 0 Å². The van der Waals surface area contributed by atoms with Crippen LogP contribution in [0.3, 0.4) is 0 Å². The molecular weight excluding hydrogens is 136 g/mol. The van der Waals surface area contributed by atoms with Gasteiger partial charge >= 0.3 is 0 Å². The lowest BCUT2D eigenvalue weighted by Gasteiger charge is -2.17. The number of rotatable bonds is 0. The predicted octanol–water partition coefficient (Wildman–Crippen LogP) is 2.40. The number of fused-ring (bicyclic) bond motifs is 1. The third kappa shape index (κ3) is 1.11. The molecule has 0 aromatic rings. The van der Waals surface area contributed by atoms with Crippen molar-refractivity contribution in [2.75, 3.05) is 0 Å². The van der Waals surface area contributed by atoms with E-state index in [4.69, 9.17) is 0 Å². The van der Waals surface area contributed by atoms with Crippen molar-refractivity contribution >= 4 is 5.78 Å². The topological polar surface area (TPSA) is 17.1 Å². The van der Waals surface area contributed by atoms with Gasteiger partial charge in [-0.05, 0) is 30.6 Å². The molecule has 0 aliphatic heterocycles. The Morgan fingerprint density at radius 1 is 1.36 bits per heavy atom. The molecule has 0 heterocycles. The fourth-order valence-electron chi connectivity index (χ4n) is 2.89. The molecule has 0 aromatic carbocycles. The van der Waals surface area contributed by atoms with Crippen molar-refractivity contribution in [3.05, 3.63) is 0 Å². The predicted molar refractivity (Wildman–Crippen MR) is 44.2 cm³/mol. The maximum atomic E-state index is 11.3. The molecule has 1 nitrogen and oxygen atoms in total. The van der Waals surface area contributed by atoms with Crippen LogP contribution >= 0.6 is 0 Å². The summed E-state index contributed by atoms with van der Waals surface area (Å²) in [5.41, 5.74) is 0.450. The molecule has 2 fully saturated rings. The SMILES string of the molecule is CC1(C)CC2CCC(=O)C2C1. The average Bonchev–Trinajstić information content (AvgIpc) is 2.31. The van der Waals surface area contributed by atoms with E-state index in [0.717, 1.165) is 18.8 Å². The lowest BCUT2D eigenvalue weighted by Crippen LogP contribution is -2.10. The lowest BCUT2D eigenvalue weighted by molar-refractivity contribution is -0.121. The van der Waals surface area contributed by atoms with Gasteiger partial charge in [0.05, 0.1) is 0 Å². The Morgan fingerprint density at radius 3 is 2.73 bits per heavy atom. The molecule has 0 aromatic heterocycles. The van der Waals surface area contributed by atoms with Crippen molar-refractivity contribution in [2.24, 2.45) is 17.3 Å². The third-order valence-electron chi connectivity index (χ3n) is 3.33. The Morgan fingerprint density at radius 2 is 2.09 bits per heavy atom. The molecule has 2 aliphatic rings. The normalized spacial score (nSPS) is 41.1. The molecule has 62 valence electrons. The number of Topliss-reactive ketones (excluding diaryl/α,β-unsaturated/α-hetero) is 1. The van der Waals surface area contributed by atoms with E-state index in [1.165, 1.54) is 12.8 Å². The van der Waals surface area contributed by atoms with Crippen LogP contribution in [0, 0.1) is 17.3 Å². The standard InChI is InChI=1S/C10H16O/c1-10(2)5-7-3-4-9(11)8(7)6-10/h7-8H,3-6H2,1-2H3. The number of hydrogen-bond donors (Lipinski definition) is 0. The molecule has 2 rings (SSSR count). The molecule has 0 N–H and O–H groups in total. The second-order valence-corrected chi connectivity index (χ2v) is 4.94. The molecule has 0 spiro atoms. The quantitative estimate of drug-likeness (QED) is 0.521. The van der Waals surface area contributed by atoms with E-state index in [-0.39, 0.29) is 0 Å². The fourth-order valence-corrected chi connectivity index (χ4v) is 2.89. The molecule has 0 radical (unpaired) electrons. The number of ketones is 1. The second kappa shape index (κ2) is 2.09. The first-order chi connectivity index (χ1) is 5.08. The molecule has 2 saturated carbocycles. The minimum atomic E-state index is 0.449. The van der Waals surface area contributed by atoms with Crippen LogP contribution in [-0.2, 0) is 4.79 Å². The van der Waals surface area contributed by atoms with Gasteiger partial charge in [-0.15, -0.1) is 0 Å². The van der Waals surface area contributed by atoms with Crippen LogP contribution in [0.25, 0.3) is 0 Å². The summed E-state index contributed by atoms with van der Waals surface area (Å²) >= 11 is 0. The molecule has 0 saturated heterocycles. The van der Waals surface area contributed by atoms with Crippen molar-refractivity contribution in [3.63, 3.8) is 0 Å². The summed E-state index contributed by atoms with van der Waals surface area (Å²) in [6, 6.07) is 0. The van der Waals surface area contributed by atoms with Crippen molar-refractivity contribution in [3.8, 4) is 0 Å². The van der Waals surface area contributed by atoms with Gasteiger partial charge in [0.2, 0.25) is 0 Å². The van der Waals surface area contributed by atoms with Gasteiger partial charge in [-0.1, -0.05) is 13.8 Å². The molecule has 2 atom stereocenters. The Labute approximate surface area is 68.2 Å². The first-order valence-corrected chi connectivity index (χ1v) is 4.61. The highest BCUT2D eigenvalue weighted by Crippen LogP contribution is 2.50. The van der Waals surface area contributed by atoms with Gasteiger partial charge in [0.1, 0.15) is 5.78 Å². The van der Waals surface area contributed by atoms with Gasteiger partial charge in [-0.2, -0.15) is 0 Å². The summed E-state index contributed by atoms with van der Waals surface area (Å²) in [6.07, 6.45) is 4.47. The van der Waals surface area contributed by atoms with Gasteiger partial charge in [0.15, 0.2) is 0 Å². The van der Waals surface area contributed by atoms with Crippen molar-refractivity contribution < 1.29 is 4.79 Å². The van der Waals surface area contributed by atoms with Crippen LogP contribution < -0.4 is 0 Å². The summed E-state index contributed by atoms with van der Waals surface area (Å²) in [6.45, 7) is 4.58. The third-order valence-corrected chi connectivity index (χ3v) is 3.33. The first-order valence-electron chi connectivity index (χ1n) is 4.61. The van der Waals surface area contributed by atoms with Gasteiger partial charge < -0.3 is 0 Å². The number of carbonyl (C=O) groups is 1. The maximum Gasteiger partial charge on any atom is 0.136 e. The van der Waals surface area contributed by atoms with Crippen LogP contribution in [0.4, 0.5) is 0 Å². The van der Waals surface area contributed by atoms with E-state index in [2.05, 4.69) is 13.8 Å². The second-order valence-electron chi connectivity index (χ2n) is 4.94. The Kier molecular flexibility index (Phi) is 1.39. The maximum absolute atomic E-state index is 11.3. The van der Waals surface area contributed by atoms with Gasteiger partial charge in [-0.25, -0.2) is 0 Å². The Bertz CT molecular complexity index is 193. The monoisotopic (exact) mass is 152 g/mol. The van der Waals surface area contributed by atoms with Crippen LogP contribution in [0.5, 0.6) is 0 Å². The molecule has 2 unspecified atom stereocenters. The van der Waals surface area contributed by atoms with Crippen molar-refractivity contribution in [2.45, 2.75) is 39.5 Å². The fraction of sp³-hybridized carbons (Fsp3) is 0.900. The van der Waals surface area contributed by atoms with Crippen molar-refractivity contribution in [1.29, 1.82) is 0 Å². The van der Waals surface area contributed by atoms with E-state index in [1.54, 1.807) is 0 Å². The average molecular weight is 152 g/mol. The van der Waals surface area contributed by atoms with Gasteiger partial charge in [0.25, 0.3) is 0 Å². The summed E-state index contributed by atoms with van der Waals surface area (Å²) in [7, 11) is 0. The molecule has 0 bridgehead atoms. The Balaban J connectivity index is 2.16. The molecule has 1 heteroatoms. The summed E-state index contributed by atoms with van der Waals surface area (Å²) < 4.78 is 0. The largest absolute Gasteiger partial charge is 0.299 e. The van der Waals surface area contributed by atoms with E-state index >= 15 is 0 Å². The molecule has 2 aliphatic carbocycles. The zero-order valence-corrected chi connectivity index (χ0v) is 7.39. The van der Waals surface area contributed by atoms with Crippen molar-refractivity contribution in [1.82, 2.24) is 0 Å². The Hall–Kier alpha value is -0.330. The van der Waals surface area contributed by atoms with E-state index in [1.807, 2.05) is 0 Å². The summed E-state index contributed by atoms with van der Waals surface area (Å²) in [4.78, 5) is 11.3. The van der Waals surface area contributed by atoms with Crippen LogP contribution in [0.2, 0.25) is 0 Å². The minimum absolute atomic E-state index is 0.449. The number of hydrogen-bond acceptors (Lipinski definition) is 1. The smallest absolute Gasteiger partial charge is 0.136 e. The van der Waals surface area contributed by atoms with Crippen LogP contribution in [0.1, 0.15) is 39.5 Å². The molecule has 11 heavy (non-hydrogen) atoms. The van der Waals surface area contributed by atoms with E-state index in [9.17, 15) is 4.79 Å². The first kappa shape index (κ1) is 7.33.